The van der Waals surface area contributed by atoms with Gasteiger partial charge in [-0.15, -0.1) is 0 Å². The van der Waals surface area contributed by atoms with Crippen LogP contribution in [0.3, 0.4) is 0 Å². The molecular formula is C16H27NO4S. The Morgan fingerprint density at radius 1 is 1.18 bits per heavy atom. The normalized spacial score (nSPS) is 32.9. The zero-order valence-electron chi connectivity index (χ0n) is 13.2. The Labute approximate surface area is 133 Å². The highest BCUT2D eigenvalue weighted by molar-refractivity contribution is 7.91. The number of aliphatic hydroxyl groups excluding tert-OH is 1. The highest BCUT2D eigenvalue weighted by Gasteiger charge is 2.42. The Morgan fingerprint density at radius 2 is 1.86 bits per heavy atom. The number of rotatable bonds is 4. The van der Waals surface area contributed by atoms with Gasteiger partial charge in [0.25, 0.3) is 0 Å². The van der Waals surface area contributed by atoms with Gasteiger partial charge in [-0.1, -0.05) is 12.8 Å². The molecule has 0 aromatic rings. The van der Waals surface area contributed by atoms with Crippen LogP contribution in [0.15, 0.2) is 0 Å². The van der Waals surface area contributed by atoms with Crippen LogP contribution in [-0.4, -0.2) is 55.5 Å². The molecule has 0 radical (unpaired) electrons. The summed E-state index contributed by atoms with van der Waals surface area (Å²) in [5.74, 6) is 0.999. The molecule has 0 aromatic heterocycles. The Balaban J connectivity index is 1.62. The van der Waals surface area contributed by atoms with Crippen LogP contribution in [0.25, 0.3) is 0 Å². The Kier molecular flexibility index (Phi) is 4.52. The van der Waals surface area contributed by atoms with Gasteiger partial charge in [-0.2, -0.15) is 0 Å². The van der Waals surface area contributed by atoms with Gasteiger partial charge in [0.1, 0.15) is 9.84 Å². The summed E-state index contributed by atoms with van der Waals surface area (Å²) in [5.41, 5.74) is -0.115. The summed E-state index contributed by atoms with van der Waals surface area (Å²) in [6.45, 7) is 1.57. The SMILES string of the molecule is O=C(C1CCS(=O)(=O)CC1)N1CCC[C@@](CO)(CC2CC2)C1. The predicted molar refractivity (Wildman–Crippen MR) is 84.1 cm³/mol. The summed E-state index contributed by atoms with van der Waals surface area (Å²) in [6, 6.07) is 0. The minimum atomic E-state index is -2.93. The van der Waals surface area contributed by atoms with Gasteiger partial charge in [0.05, 0.1) is 18.1 Å². The van der Waals surface area contributed by atoms with E-state index >= 15 is 0 Å². The number of carbonyl (C=O) groups excluding carboxylic acids is 1. The van der Waals surface area contributed by atoms with Gasteiger partial charge >= 0.3 is 0 Å². The van der Waals surface area contributed by atoms with E-state index < -0.39 is 9.84 Å². The molecule has 2 heterocycles. The van der Waals surface area contributed by atoms with E-state index in [2.05, 4.69) is 0 Å². The van der Waals surface area contributed by atoms with Crippen LogP contribution in [0.4, 0.5) is 0 Å². The predicted octanol–water partition coefficient (Wildman–Crippen LogP) is 1.21. The largest absolute Gasteiger partial charge is 0.396 e. The van der Waals surface area contributed by atoms with E-state index in [0.717, 1.165) is 31.7 Å². The standard InChI is InChI=1S/C16H27NO4S/c18-12-16(10-13-2-3-13)6-1-7-17(11-16)15(19)14-4-8-22(20,21)9-5-14/h13-14,18H,1-12H2/t16-/m1/s1. The van der Waals surface area contributed by atoms with Gasteiger partial charge in [0.2, 0.25) is 5.91 Å². The van der Waals surface area contributed by atoms with E-state index in [-0.39, 0.29) is 35.4 Å². The van der Waals surface area contributed by atoms with Crippen molar-refractivity contribution in [2.75, 3.05) is 31.2 Å². The van der Waals surface area contributed by atoms with Crippen molar-refractivity contribution in [3.05, 3.63) is 0 Å². The molecule has 1 amide bonds. The van der Waals surface area contributed by atoms with Gasteiger partial charge in [-0.05, 0) is 38.0 Å². The summed E-state index contributed by atoms with van der Waals surface area (Å²) >= 11 is 0. The molecule has 0 unspecified atom stereocenters. The summed E-state index contributed by atoms with van der Waals surface area (Å²) < 4.78 is 23.0. The first-order valence-corrected chi connectivity index (χ1v) is 10.4. The molecule has 1 aliphatic carbocycles. The quantitative estimate of drug-likeness (QED) is 0.841. The molecule has 3 rings (SSSR count). The molecule has 2 saturated heterocycles. The summed E-state index contributed by atoms with van der Waals surface area (Å²) in [4.78, 5) is 14.6. The van der Waals surface area contributed by atoms with E-state index in [1.165, 1.54) is 12.8 Å². The van der Waals surface area contributed by atoms with Gasteiger partial charge in [0, 0.05) is 24.4 Å². The third-order valence-electron chi connectivity index (χ3n) is 5.63. The minimum Gasteiger partial charge on any atom is -0.396 e. The van der Waals surface area contributed by atoms with Crippen molar-refractivity contribution in [2.24, 2.45) is 17.3 Å². The summed E-state index contributed by atoms with van der Waals surface area (Å²) in [7, 11) is -2.93. The van der Waals surface area contributed by atoms with Crippen molar-refractivity contribution >= 4 is 15.7 Å². The number of carbonyl (C=O) groups is 1. The molecule has 0 spiro atoms. The highest BCUT2D eigenvalue weighted by Crippen LogP contribution is 2.44. The zero-order chi connectivity index (χ0) is 15.8. The summed E-state index contributed by atoms with van der Waals surface area (Å²) in [5, 5.41) is 9.88. The zero-order valence-corrected chi connectivity index (χ0v) is 14.0. The van der Waals surface area contributed by atoms with Crippen molar-refractivity contribution in [2.45, 2.75) is 44.9 Å². The molecule has 1 N–H and O–H groups in total. The van der Waals surface area contributed by atoms with Crippen molar-refractivity contribution in [1.29, 1.82) is 0 Å². The fourth-order valence-corrected chi connectivity index (χ4v) is 5.58. The maximum atomic E-state index is 12.7. The maximum Gasteiger partial charge on any atom is 0.225 e. The van der Waals surface area contributed by atoms with Crippen LogP contribution in [0.5, 0.6) is 0 Å². The van der Waals surface area contributed by atoms with Crippen molar-refractivity contribution in [1.82, 2.24) is 4.90 Å². The lowest BCUT2D eigenvalue weighted by Gasteiger charge is -2.43. The van der Waals surface area contributed by atoms with Crippen molar-refractivity contribution in [3.63, 3.8) is 0 Å². The van der Waals surface area contributed by atoms with Gasteiger partial charge in [-0.25, -0.2) is 8.42 Å². The molecule has 1 atom stereocenters. The van der Waals surface area contributed by atoms with Crippen molar-refractivity contribution in [3.8, 4) is 0 Å². The first-order valence-electron chi connectivity index (χ1n) is 8.53. The average molecular weight is 329 g/mol. The molecule has 126 valence electrons. The number of aliphatic hydroxyl groups is 1. The molecule has 6 heteroatoms. The molecule has 22 heavy (non-hydrogen) atoms. The van der Waals surface area contributed by atoms with Crippen molar-refractivity contribution < 1.29 is 18.3 Å². The van der Waals surface area contributed by atoms with Gasteiger partial charge in [-0.3, -0.25) is 4.79 Å². The lowest BCUT2D eigenvalue weighted by atomic mass is 9.76. The summed E-state index contributed by atoms with van der Waals surface area (Å²) in [6.07, 6.45) is 6.43. The van der Waals surface area contributed by atoms with Crippen LogP contribution < -0.4 is 0 Å². The third kappa shape index (κ3) is 3.65. The molecule has 0 bridgehead atoms. The smallest absolute Gasteiger partial charge is 0.225 e. The topological polar surface area (TPSA) is 74.7 Å². The van der Waals surface area contributed by atoms with E-state index in [9.17, 15) is 18.3 Å². The number of sulfone groups is 1. The number of hydrogen-bond acceptors (Lipinski definition) is 4. The molecule has 3 aliphatic rings. The first kappa shape index (κ1) is 16.2. The number of likely N-dealkylation sites (tertiary alicyclic amines) is 1. The highest BCUT2D eigenvalue weighted by atomic mass is 32.2. The number of hydrogen-bond donors (Lipinski definition) is 1. The van der Waals surface area contributed by atoms with Crippen LogP contribution in [0, 0.1) is 17.3 Å². The van der Waals surface area contributed by atoms with Gasteiger partial charge in [0.15, 0.2) is 0 Å². The van der Waals surface area contributed by atoms with Crippen LogP contribution in [0.2, 0.25) is 0 Å². The second-order valence-corrected chi connectivity index (χ2v) is 9.90. The molecule has 3 fully saturated rings. The minimum absolute atomic E-state index is 0.114. The fourth-order valence-electron chi connectivity index (χ4n) is 4.09. The van der Waals surface area contributed by atoms with Gasteiger partial charge < -0.3 is 10.0 Å². The Bertz CT molecular complexity index is 514. The molecule has 0 aromatic carbocycles. The second-order valence-electron chi connectivity index (χ2n) is 7.60. The number of piperidine rings is 1. The monoisotopic (exact) mass is 329 g/mol. The van der Waals surface area contributed by atoms with E-state index in [1.54, 1.807) is 0 Å². The molecule has 5 nitrogen and oxygen atoms in total. The van der Waals surface area contributed by atoms with Crippen LogP contribution in [0.1, 0.15) is 44.9 Å². The van der Waals surface area contributed by atoms with Crippen LogP contribution >= 0.6 is 0 Å². The van der Waals surface area contributed by atoms with E-state index in [4.69, 9.17) is 0 Å². The lowest BCUT2D eigenvalue weighted by molar-refractivity contribution is -0.140. The van der Waals surface area contributed by atoms with Crippen LogP contribution in [-0.2, 0) is 14.6 Å². The number of nitrogens with zero attached hydrogens (tertiary/aromatic N) is 1. The lowest BCUT2D eigenvalue weighted by Crippen LogP contribution is -2.50. The Morgan fingerprint density at radius 3 is 2.45 bits per heavy atom. The fraction of sp³-hybridized carbons (Fsp3) is 0.938. The number of amides is 1. The molecular weight excluding hydrogens is 302 g/mol. The van der Waals surface area contributed by atoms with E-state index in [1.807, 2.05) is 4.90 Å². The third-order valence-corrected chi connectivity index (χ3v) is 7.35. The average Bonchev–Trinajstić information content (AvgIpc) is 3.30. The Hall–Kier alpha value is -0.620. The maximum absolute atomic E-state index is 12.7. The first-order chi connectivity index (χ1) is 10.4. The molecule has 2 aliphatic heterocycles. The molecule has 1 saturated carbocycles. The van der Waals surface area contributed by atoms with E-state index in [0.29, 0.717) is 19.4 Å². The second kappa shape index (κ2) is 6.11.